The molecule has 0 aromatic heterocycles. The summed E-state index contributed by atoms with van der Waals surface area (Å²) < 4.78 is 5.05. The number of halogens is 4. The summed E-state index contributed by atoms with van der Waals surface area (Å²) in [6.07, 6.45) is 7.35. The molecule has 0 aliphatic carbocycles. The zero-order valence-electron chi connectivity index (χ0n) is 15.7. The number of ether oxygens (including phenoxy) is 1. The molecule has 0 saturated heterocycles. The number of carbonyl (C=O) groups excluding carboxylic acids is 2. The van der Waals surface area contributed by atoms with Gasteiger partial charge < -0.3 is 10.1 Å². The van der Waals surface area contributed by atoms with E-state index in [0.717, 1.165) is 32.1 Å². The third-order valence-corrected chi connectivity index (χ3v) is 4.57. The molecule has 8 heteroatoms. The number of methoxy groups -OCH3 is 1. The van der Waals surface area contributed by atoms with Gasteiger partial charge in [0.2, 0.25) is 5.91 Å². The number of allylic oxidation sites excluding steroid dienone is 1. The second-order valence-corrected chi connectivity index (χ2v) is 8.40. The molecule has 0 heterocycles. The fourth-order valence-corrected chi connectivity index (χ4v) is 3.12. The molecule has 0 fully saturated rings. The molecule has 0 rings (SSSR count). The molecular weight excluding hydrogens is 432 g/mol. The van der Waals surface area contributed by atoms with Crippen LogP contribution in [0.4, 0.5) is 0 Å². The molecule has 0 spiro atoms. The van der Waals surface area contributed by atoms with Crippen molar-refractivity contribution in [3.05, 3.63) is 10.6 Å². The molecule has 1 amide bonds. The van der Waals surface area contributed by atoms with Crippen LogP contribution < -0.4 is 5.32 Å². The van der Waals surface area contributed by atoms with Crippen molar-refractivity contribution in [3.63, 3.8) is 0 Å². The van der Waals surface area contributed by atoms with Crippen LogP contribution in [0.15, 0.2) is 10.6 Å². The van der Waals surface area contributed by atoms with Crippen LogP contribution in [0.3, 0.4) is 0 Å². The fraction of sp³-hybridized carbons (Fsp3) is 0.684. The van der Waals surface area contributed by atoms with E-state index in [1.807, 2.05) is 0 Å². The minimum atomic E-state index is -0.396. The zero-order valence-corrected chi connectivity index (χ0v) is 18.7. The first-order chi connectivity index (χ1) is 12.8. The zero-order chi connectivity index (χ0) is 20.7. The predicted octanol–water partition coefficient (Wildman–Crippen LogP) is 5.53. The van der Waals surface area contributed by atoms with E-state index in [0.29, 0.717) is 19.3 Å². The average molecular weight is 459 g/mol. The Morgan fingerprint density at radius 1 is 1.07 bits per heavy atom. The van der Waals surface area contributed by atoms with Crippen LogP contribution in [0.2, 0.25) is 0 Å². The molecule has 0 aromatic rings. The second kappa shape index (κ2) is 16.4. The van der Waals surface area contributed by atoms with E-state index in [4.69, 9.17) is 51.1 Å². The molecule has 1 N–H and O–H groups in total. The van der Waals surface area contributed by atoms with Gasteiger partial charge in [0.05, 0.1) is 13.0 Å². The van der Waals surface area contributed by atoms with Crippen LogP contribution in [0.5, 0.6) is 0 Å². The molecule has 4 nitrogen and oxygen atoms in total. The SMILES string of the molecule is COC(=O)[C@@H](CCCCCC(Cl)Cl)[C@@H](CCCC#CC=C(Cl)Cl)NC(C)=O. The summed E-state index contributed by atoms with van der Waals surface area (Å²) in [6.45, 7) is 1.44. The van der Waals surface area contributed by atoms with Gasteiger partial charge in [0.15, 0.2) is 0 Å². The average Bonchev–Trinajstić information content (AvgIpc) is 2.58. The smallest absolute Gasteiger partial charge is 0.310 e. The van der Waals surface area contributed by atoms with Crippen LogP contribution >= 0.6 is 46.4 Å². The summed E-state index contributed by atoms with van der Waals surface area (Å²) >= 11 is 22.4. The number of amides is 1. The first-order valence-electron chi connectivity index (χ1n) is 8.90. The highest BCUT2D eigenvalue weighted by molar-refractivity contribution is 6.56. The van der Waals surface area contributed by atoms with Crippen LogP contribution in [-0.2, 0) is 14.3 Å². The maximum absolute atomic E-state index is 12.2. The summed E-state index contributed by atoms with van der Waals surface area (Å²) in [5.74, 6) is 4.78. The van der Waals surface area contributed by atoms with Crippen LogP contribution in [-0.4, -0.2) is 29.9 Å². The molecule has 0 aliphatic rings. The number of nitrogens with one attached hydrogen (secondary N) is 1. The van der Waals surface area contributed by atoms with E-state index in [9.17, 15) is 9.59 Å². The maximum Gasteiger partial charge on any atom is 0.310 e. The molecule has 154 valence electrons. The highest BCUT2D eigenvalue weighted by Gasteiger charge is 2.29. The highest BCUT2D eigenvalue weighted by atomic mass is 35.5. The Bertz CT molecular complexity index is 537. The van der Waals surface area contributed by atoms with Gasteiger partial charge >= 0.3 is 5.97 Å². The van der Waals surface area contributed by atoms with Gasteiger partial charge in [-0.3, -0.25) is 9.59 Å². The van der Waals surface area contributed by atoms with Gasteiger partial charge in [0, 0.05) is 25.5 Å². The third kappa shape index (κ3) is 15.0. The third-order valence-electron chi connectivity index (χ3n) is 3.92. The first kappa shape index (κ1) is 26.4. The summed E-state index contributed by atoms with van der Waals surface area (Å²) in [5, 5.41) is 2.88. The number of esters is 1. The molecule has 2 atom stereocenters. The molecule has 0 saturated carbocycles. The van der Waals surface area contributed by atoms with Gasteiger partial charge in [-0.25, -0.2) is 0 Å². The van der Waals surface area contributed by atoms with E-state index in [2.05, 4.69) is 17.2 Å². The highest BCUT2D eigenvalue weighted by Crippen LogP contribution is 2.21. The van der Waals surface area contributed by atoms with Gasteiger partial charge in [-0.1, -0.05) is 54.3 Å². The summed E-state index contributed by atoms with van der Waals surface area (Å²) in [5.41, 5.74) is 0. The summed E-state index contributed by atoms with van der Waals surface area (Å²) in [7, 11) is 1.36. The van der Waals surface area contributed by atoms with Crippen molar-refractivity contribution in [2.75, 3.05) is 7.11 Å². The Kier molecular flexibility index (Phi) is 16.0. The van der Waals surface area contributed by atoms with Crippen LogP contribution in [0.1, 0.15) is 58.3 Å². The number of hydrogen-bond donors (Lipinski definition) is 1. The Morgan fingerprint density at radius 3 is 2.30 bits per heavy atom. The molecular formula is C19H27Cl4NO3. The lowest BCUT2D eigenvalue weighted by Crippen LogP contribution is -2.43. The molecule has 0 aliphatic heterocycles. The van der Waals surface area contributed by atoms with Crippen molar-refractivity contribution in [2.45, 2.75) is 69.2 Å². The normalized spacial score (nSPS) is 12.6. The number of carbonyl (C=O) groups is 2. The number of unbranched alkanes of at least 4 members (excludes halogenated alkanes) is 3. The number of rotatable bonds is 12. The van der Waals surface area contributed by atoms with Gasteiger partial charge in [-0.05, 0) is 25.7 Å². The van der Waals surface area contributed by atoms with Gasteiger partial charge in [-0.2, -0.15) is 0 Å². The number of hydrogen-bond acceptors (Lipinski definition) is 3. The van der Waals surface area contributed by atoms with Crippen molar-refractivity contribution < 1.29 is 14.3 Å². The Labute approximate surface area is 182 Å². The molecule has 0 bridgehead atoms. The van der Waals surface area contributed by atoms with E-state index in [-0.39, 0.29) is 27.2 Å². The standard InChI is InChI=1S/C19H27Cl4NO3/c1-14(25)24-16(11-7-3-4-8-12-17(20)21)15(19(26)27-2)10-6-5-9-13-18(22)23/h12,15-16,18H,3,5-7,9-11,13H2,1-2H3,(H,24,25)/t15-,16+/m0/s1. The lowest BCUT2D eigenvalue weighted by atomic mass is 9.89. The van der Waals surface area contributed by atoms with E-state index < -0.39 is 5.92 Å². The van der Waals surface area contributed by atoms with Gasteiger partial charge in [0.1, 0.15) is 9.33 Å². The summed E-state index contributed by atoms with van der Waals surface area (Å²) in [6, 6.07) is -0.294. The minimum Gasteiger partial charge on any atom is -0.469 e. The largest absolute Gasteiger partial charge is 0.469 e. The van der Waals surface area contributed by atoms with E-state index >= 15 is 0 Å². The fourth-order valence-electron chi connectivity index (χ4n) is 2.70. The van der Waals surface area contributed by atoms with Crippen molar-refractivity contribution >= 4 is 58.3 Å². The molecule has 27 heavy (non-hydrogen) atoms. The van der Waals surface area contributed by atoms with E-state index in [1.165, 1.54) is 20.1 Å². The lowest BCUT2D eigenvalue weighted by Gasteiger charge is -2.26. The van der Waals surface area contributed by atoms with E-state index in [1.54, 1.807) is 0 Å². The quantitative estimate of drug-likeness (QED) is 0.181. The maximum atomic E-state index is 12.2. The molecule has 0 radical (unpaired) electrons. The van der Waals surface area contributed by atoms with Crippen molar-refractivity contribution in [1.82, 2.24) is 5.32 Å². The Hall–Kier alpha value is -0.600. The van der Waals surface area contributed by atoms with Crippen molar-refractivity contribution in [1.29, 1.82) is 0 Å². The molecule has 0 unspecified atom stereocenters. The minimum absolute atomic E-state index is 0.110. The number of alkyl halides is 2. The van der Waals surface area contributed by atoms with Crippen LogP contribution in [0, 0.1) is 17.8 Å². The van der Waals surface area contributed by atoms with Crippen LogP contribution in [0.25, 0.3) is 0 Å². The lowest BCUT2D eigenvalue weighted by molar-refractivity contribution is -0.147. The monoisotopic (exact) mass is 457 g/mol. The van der Waals surface area contributed by atoms with Crippen molar-refractivity contribution in [2.24, 2.45) is 5.92 Å². The van der Waals surface area contributed by atoms with Gasteiger partial charge in [0.25, 0.3) is 0 Å². The van der Waals surface area contributed by atoms with Gasteiger partial charge in [-0.15, -0.1) is 23.2 Å². The summed E-state index contributed by atoms with van der Waals surface area (Å²) in [4.78, 5) is 23.4. The second-order valence-electron chi connectivity index (χ2n) is 6.11. The topological polar surface area (TPSA) is 55.4 Å². The van der Waals surface area contributed by atoms with Crippen molar-refractivity contribution in [3.8, 4) is 11.8 Å². The Morgan fingerprint density at radius 2 is 1.74 bits per heavy atom. The first-order valence-corrected chi connectivity index (χ1v) is 10.5. The predicted molar refractivity (Wildman–Crippen MR) is 113 cm³/mol. The Balaban J connectivity index is 4.74. The molecule has 0 aromatic carbocycles.